The zero-order valence-corrected chi connectivity index (χ0v) is 15.6. The summed E-state index contributed by atoms with van der Waals surface area (Å²) < 4.78 is 5.40. The highest BCUT2D eigenvalue weighted by Crippen LogP contribution is 2.26. The monoisotopic (exact) mass is 427 g/mol. The Morgan fingerprint density at radius 1 is 1.17 bits per heavy atom. The molecule has 0 atom stereocenters. The van der Waals surface area contributed by atoms with Gasteiger partial charge < -0.3 is 10.1 Å². The molecule has 1 amide bonds. The van der Waals surface area contributed by atoms with Crippen LogP contribution in [0.2, 0.25) is 10.0 Å². The fourth-order valence-corrected chi connectivity index (χ4v) is 2.79. The van der Waals surface area contributed by atoms with Crippen LogP contribution in [-0.2, 0) is 9.53 Å². The molecule has 0 saturated carbocycles. The Kier molecular flexibility index (Phi) is 6.43. The number of halogens is 3. The number of carbonyl (C=O) groups excluding carboxylic acids is 2. The van der Waals surface area contributed by atoms with Gasteiger partial charge in [0.15, 0.2) is 0 Å². The molecule has 0 saturated heterocycles. The zero-order valence-electron chi connectivity index (χ0n) is 12.5. The average molecular weight is 429 g/mol. The van der Waals surface area contributed by atoms with Crippen LogP contribution in [-0.4, -0.2) is 19.0 Å². The van der Waals surface area contributed by atoms with Gasteiger partial charge in [-0.1, -0.05) is 45.2 Å². The number of hydrogen-bond donors (Lipinski definition) is 1. The summed E-state index contributed by atoms with van der Waals surface area (Å²) in [6.45, 7) is 0. The predicted octanol–water partition coefficient (Wildman–Crippen LogP) is 5.19. The molecule has 7 heteroatoms. The lowest BCUT2D eigenvalue weighted by atomic mass is 10.1. The average Bonchev–Trinajstić information content (AvgIpc) is 2.55. The molecule has 124 valence electrons. The highest BCUT2D eigenvalue weighted by molar-refractivity contribution is 9.10. The van der Waals surface area contributed by atoms with Crippen molar-refractivity contribution < 1.29 is 14.3 Å². The van der Waals surface area contributed by atoms with Crippen molar-refractivity contribution in [3.8, 4) is 0 Å². The highest BCUT2D eigenvalue weighted by Gasteiger charge is 2.13. The topological polar surface area (TPSA) is 55.4 Å². The lowest BCUT2D eigenvalue weighted by molar-refractivity contribution is -0.111. The molecule has 2 rings (SSSR count). The first-order valence-electron chi connectivity index (χ1n) is 6.73. The van der Waals surface area contributed by atoms with E-state index in [1.165, 1.54) is 19.3 Å². The molecule has 0 fully saturated rings. The van der Waals surface area contributed by atoms with Gasteiger partial charge in [0.1, 0.15) is 0 Å². The van der Waals surface area contributed by atoms with Crippen molar-refractivity contribution in [2.24, 2.45) is 0 Å². The maximum atomic E-state index is 12.1. The quantitative estimate of drug-likeness (QED) is 0.538. The van der Waals surface area contributed by atoms with Gasteiger partial charge in [-0.25, -0.2) is 4.79 Å². The lowest BCUT2D eigenvalue weighted by Crippen LogP contribution is -2.13. The number of amides is 1. The molecule has 0 radical (unpaired) electrons. The number of anilines is 1. The lowest BCUT2D eigenvalue weighted by Gasteiger charge is -2.09. The molecule has 0 aliphatic heterocycles. The van der Waals surface area contributed by atoms with Crippen molar-refractivity contribution in [1.29, 1.82) is 0 Å². The highest BCUT2D eigenvalue weighted by atomic mass is 79.9. The Morgan fingerprint density at radius 3 is 2.46 bits per heavy atom. The van der Waals surface area contributed by atoms with Gasteiger partial charge in [0, 0.05) is 26.2 Å². The minimum atomic E-state index is -0.551. The number of carbonyl (C=O) groups is 2. The summed E-state index contributed by atoms with van der Waals surface area (Å²) in [5.41, 5.74) is 1.12. The Bertz CT molecular complexity index is 801. The summed E-state index contributed by atoms with van der Waals surface area (Å²) in [6, 6.07) is 9.94. The van der Waals surface area contributed by atoms with Gasteiger partial charge in [-0.15, -0.1) is 0 Å². The molecular formula is C17H12BrCl2NO3. The third-order valence-electron chi connectivity index (χ3n) is 3.05. The molecule has 4 nitrogen and oxygen atoms in total. The van der Waals surface area contributed by atoms with Crippen molar-refractivity contribution >= 4 is 62.8 Å². The van der Waals surface area contributed by atoms with Crippen molar-refractivity contribution in [3.63, 3.8) is 0 Å². The summed E-state index contributed by atoms with van der Waals surface area (Å²) in [7, 11) is 1.27. The van der Waals surface area contributed by atoms with Crippen molar-refractivity contribution in [2.45, 2.75) is 0 Å². The van der Waals surface area contributed by atoms with E-state index in [-0.39, 0.29) is 5.56 Å². The first-order chi connectivity index (χ1) is 11.4. The second-order valence-electron chi connectivity index (χ2n) is 4.64. The molecular weight excluding hydrogens is 417 g/mol. The molecule has 24 heavy (non-hydrogen) atoms. The minimum absolute atomic E-state index is 0.240. The molecule has 0 bridgehead atoms. The van der Waals surface area contributed by atoms with Gasteiger partial charge in [0.05, 0.1) is 18.4 Å². The number of nitrogens with one attached hydrogen (secondary N) is 1. The predicted molar refractivity (Wildman–Crippen MR) is 99.6 cm³/mol. The minimum Gasteiger partial charge on any atom is -0.465 e. The molecule has 2 aromatic carbocycles. The SMILES string of the molecule is COC(=O)c1cc(Br)ccc1NC(=O)/C=C/c1c(Cl)cccc1Cl. The van der Waals surface area contributed by atoms with E-state index in [9.17, 15) is 9.59 Å². The van der Waals surface area contributed by atoms with E-state index in [2.05, 4.69) is 21.2 Å². The van der Waals surface area contributed by atoms with Crippen LogP contribution in [0.1, 0.15) is 15.9 Å². The van der Waals surface area contributed by atoms with Crippen LogP contribution >= 0.6 is 39.1 Å². The summed E-state index contributed by atoms with van der Waals surface area (Å²) in [5.74, 6) is -0.983. The largest absolute Gasteiger partial charge is 0.465 e. The zero-order chi connectivity index (χ0) is 17.7. The molecule has 0 heterocycles. The van der Waals surface area contributed by atoms with Gasteiger partial charge in [-0.05, 0) is 36.4 Å². The van der Waals surface area contributed by atoms with E-state index in [1.807, 2.05) is 0 Å². The third-order valence-corrected chi connectivity index (χ3v) is 4.20. The van der Waals surface area contributed by atoms with Crippen LogP contribution in [0.3, 0.4) is 0 Å². The molecule has 0 spiro atoms. The molecule has 0 unspecified atom stereocenters. The Hall–Kier alpha value is -1.82. The number of ether oxygens (including phenoxy) is 1. The van der Waals surface area contributed by atoms with Crippen LogP contribution in [0.15, 0.2) is 46.9 Å². The maximum Gasteiger partial charge on any atom is 0.340 e. The Morgan fingerprint density at radius 2 is 1.83 bits per heavy atom. The van der Waals surface area contributed by atoms with Gasteiger partial charge in [0.25, 0.3) is 0 Å². The second-order valence-corrected chi connectivity index (χ2v) is 6.37. The Labute approximate surface area is 157 Å². The van der Waals surface area contributed by atoms with Gasteiger partial charge in [-0.2, -0.15) is 0 Å². The normalized spacial score (nSPS) is 10.7. The number of esters is 1. The smallest absolute Gasteiger partial charge is 0.340 e. The first-order valence-corrected chi connectivity index (χ1v) is 8.28. The van der Waals surface area contributed by atoms with Gasteiger partial charge in [-0.3, -0.25) is 4.79 Å². The van der Waals surface area contributed by atoms with Gasteiger partial charge >= 0.3 is 5.97 Å². The number of methoxy groups -OCH3 is 1. The maximum absolute atomic E-state index is 12.1. The summed E-state index contributed by atoms with van der Waals surface area (Å²) >= 11 is 15.4. The van der Waals surface area contributed by atoms with E-state index in [1.54, 1.807) is 36.4 Å². The Balaban J connectivity index is 2.21. The summed E-state index contributed by atoms with van der Waals surface area (Å²) in [6.07, 6.45) is 2.80. The van der Waals surface area contributed by atoms with E-state index in [4.69, 9.17) is 27.9 Å². The van der Waals surface area contributed by atoms with Crippen molar-refractivity contribution in [3.05, 3.63) is 68.1 Å². The van der Waals surface area contributed by atoms with Crippen LogP contribution < -0.4 is 5.32 Å². The molecule has 2 aromatic rings. The van der Waals surface area contributed by atoms with E-state index in [0.29, 0.717) is 25.8 Å². The van der Waals surface area contributed by atoms with Crippen LogP contribution in [0.25, 0.3) is 6.08 Å². The molecule has 0 aliphatic rings. The first kappa shape index (κ1) is 18.5. The van der Waals surface area contributed by atoms with Gasteiger partial charge in [0.2, 0.25) is 5.91 Å². The molecule has 1 N–H and O–H groups in total. The van der Waals surface area contributed by atoms with Crippen molar-refractivity contribution in [2.75, 3.05) is 12.4 Å². The summed E-state index contributed by atoms with van der Waals surface area (Å²) in [5, 5.41) is 3.50. The number of benzene rings is 2. The van der Waals surface area contributed by atoms with E-state index < -0.39 is 11.9 Å². The van der Waals surface area contributed by atoms with Crippen molar-refractivity contribution in [1.82, 2.24) is 0 Å². The van der Waals surface area contributed by atoms with Crippen LogP contribution in [0.5, 0.6) is 0 Å². The second kappa shape index (κ2) is 8.33. The van der Waals surface area contributed by atoms with E-state index in [0.717, 1.165) is 0 Å². The summed E-state index contributed by atoms with van der Waals surface area (Å²) in [4.78, 5) is 23.9. The van der Waals surface area contributed by atoms with E-state index >= 15 is 0 Å². The molecule has 0 aliphatic carbocycles. The van der Waals surface area contributed by atoms with Crippen LogP contribution in [0.4, 0.5) is 5.69 Å². The number of hydrogen-bond acceptors (Lipinski definition) is 3. The molecule has 0 aromatic heterocycles. The third kappa shape index (κ3) is 4.60. The fourth-order valence-electron chi connectivity index (χ4n) is 1.91. The standard InChI is InChI=1S/C17H12BrCl2NO3/c1-24-17(23)12-9-10(18)5-7-15(12)21-16(22)8-6-11-13(19)3-2-4-14(11)20/h2-9H,1H3,(H,21,22)/b8-6+. The number of rotatable bonds is 4. The fraction of sp³-hybridized carbons (Fsp3) is 0.0588. The van der Waals surface area contributed by atoms with Crippen LogP contribution in [0, 0.1) is 0 Å².